The fourth-order valence-corrected chi connectivity index (χ4v) is 21.9. The summed E-state index contributed by atoms with van der Waals surface area (Å²) in [6.07, 6.45) is 36.2. The van der Waals surface area contributed by atoms with E-state index in [1.807, 2.05) is 38.1 Å². The van der Waals surface area contributed by atoms with E-state index in [4.69, 9.17) is 42.3 Å². The van der Waals surface area contributed by atoms with E-state index in [0.29, 0.717) is 35.0 Å². The molecular weight excluding hydrogens is 1910 g/mol. The molecule has 0 aromatic heterocycles. The Kier molecular flexibility index (Phi) is 52.1. The van der Waals surface area contributed by atoms with Crippen LogP contribution in [0, 0.1) is 200 Å². The zero-order chi connectivity index (χ0) is 107. The van der Waals surface area contributed by atoms with Crippen LogP contribution in [0.15, 0.2) is 146 Å². The molecule has 10 fully saturated rings. The van der Waals surface area contributed by atoms with Crippen molar-refractivity contribution in [2.75, 3.05) is 54.0 Å². The first-order chi connectivity index (χ1) is 70.2. The summed E-state index contributed by atoms with van der Waals surface area (Å²) in [7, 11) is -3.50. The minimum absolute atomic E-state index is 0. The van der Waals surface area contributed by atoms with Crippen LogP contribution in [0.4, 0.5) is 17.1 Å². The molecule has 8 aromatic carbocycles. The normalized spacial score (nSPS) is 23.3. The molecule has 0 bridgehead atoms. The van der Waals surface area contributed by atoms with Gasteiger partial charge in [0.1, 0.15) is 28.7 Å². The molecule has 5 saturated heterocycles. The van der Waals surface area contributed by atoms with Gasteiger partial charge in [-0.1, -0.05) is 165 Å². The Morgan fingerprint density at radius 3 is 0.833 bits per heavy atom. The first kappa shape index (κ1) is 128. The largest absolute Gasteiger partial charge is 0.498 e. The van der Waals surface area contributed by atoms with E-state index in [1.165, 1.54) is 220 Å². The second-order valence-electron chi connectivity index (χ2n) is 48.3. The van der Waals surface area contributed by atoms with Gasteiger partial charge in [0, 0.05) is 154 Å². The third kappa shape index (κ3) is 39.0. The monoisotopic (exact) mass is 2110 g/mol. The summed E-state index contributed by atoms with van der Waals surface area (Å²) in [5.41, 5.74) is 20.8. The van der Waals surface area contributed by atoms with E-state index < -0.39 is 14.2 Å². The van der Waals surface area contributed by atoms with E-state index in [-0.39, 0.29) is 130 Å². The van der Waals surface area contributed by atoms with Crippen molar-refractivity contribution in [1.82, 2.24) is 0 Å². The van der Waals surface area contributed by atoms with Crippen molar-refractivity contribution in [3.63, 3.8) is 0 Å². The number of hydrogen-bond donors (Lipinski definition) is 5. The molecule has 23 heteroatoms. The Labute approximate surface area is 970 Å². The van der Waals surface area contributed by atoms with Crippen LogP contribution in [0.25, 0.3) is 0 Å². The van der Waals surface area contributed by atoms with E-state index in [0.717, 1.165) is 164 Å². The van der Waals surface area contributed by atoms with Gasteiger partial charge in [0.05, 0.1) is 59.0 Å². The first-order valence-electron chi connectivity index (χ1n) is 57.6. The first-order valence-corrected chi connectivity index (χ1v) is 57.6. The van der Waals surface area contributed by atoms with Gasteiger partial charge in [-0.2, -0.15) is 0 Å². The maximum absolute atomic E-state index is 9.45. The van der Waals surface area contributed by atoms with Gasteiger partial charge >= 0.3 is 28.5 Å². The second kappa shape index (κ2) is 61.1. The number of piperidine rings is 3. The third-order valence-corrected chi connectivity index (χ3v) is 34.2. The summed E-state index contributed by atoms with van der Waals surface area (Å²) in [4.78, 5) is 7.38. The molecule has 5 N–H and O–H groups in total. The van der Waals surface area contributed by atoms with Crippen LogP contribution in [-0.2, 0) is 18.6 Å². The van der Waals surface area contributed by atoms with Crippen LogP contribution in [0.5, 0.6) is 28.7 Å². The van der Waals surface area contributed by atoms with E-state index in [9.17, 15) is 25.2 Å². The number of aliphatic hydroxyl groups is 1. The number of anilines is 3. The Bertz CT molecular complexity index is 5140. The van der Waals surface area contributed by atoms with Crippen molar-refractivity contribution in [3.8, 4) is 28.7 Å². The standard InChI is InChI=1S/C20H32BNO2.C20H31BO3.C15H23N.2C15H22O.C14H22BNO2.C14H21BO3.C14H20O2.2Ar/c1-7-16-10-12-22(13-11-16)18-14-15(2)8-9-17(18)21-23-19(3,4)20(5,6)24-21;1-14-7-10-16(11-8-14)22-18-13-15(2)9-12-17(18)21-23-19(3,4)20(5,6)24-21;1-4-14-7-9-16(10-8-14)15-11-12(2)5-6-13(15)3;2*1-11-5-8-14(9-6-11)16-15-10-12(2)4-7-13(15)3;1-3-12-6-8-16(9-7-12)14-10-11(2)4-5-13(14)15(17)18;1-10-3-6-12(7-4-10)18-14-9-11(2)5-8-13(14)15(16)17;1-10-3-4-11(2)14(9-10)16-13-7-5-12(15)6-8-13;;/h8-9,14,16H,7,10-13H2,1-6H3;9,12-14,16H,7-8,10-11H2,1-6H3;5-6,11,14H,4,7-10H2,1-3H3;2*4,7,10-11,14H,5-6,8-9H2,1-3H3;4-5,10,12,17-18H,3,6-9H2,1-2H3;5,8-10,12,16-17H,3-4,6-7H2,1-2H3;3-4,9,12-13,15H,5-8H2,1-2H3;;. The average Bonchev–Trinajstić information content (AvgIpc) is 1.62. The smallest absolute Gasteiger partial charge is 0.491 e. The van der Waals surface area contributed by atoms with Crippen LogP contribution >= 0.6 is 0 Å². The van der Waals surface area contributed by atoms with Crippen LogP contribution in [-0.4, -0.2) is 152 Å². The topological polar surface area (TPSA) is 194 Å². The van der Waals surface area contributed by atoms with Crippen molar-refractivity contribution in [2.45, 2.75) is 432 Å². The SMILES string of the molecule is CCC1CCN(c2cc(C)ccc2B(O)O)CC1.CCC1CCN(c2cc(C)ccc2B2OC(C)(C)C(C)(C)O2)CC1.CCC1CCN(c2cc(C)ccc2C)CC1.Cc1ccc(B(O)O)c(OC2CCC(C)CC2)c1.Cc1ccc(B2OC(C)(C)C(C)(C)O2)c(OC2CCC(C)CC2)c1.Cc1ccc(C)c(OC2CCC(C)CC2)c1.Cc1ccc(C)c(OC2CCC(C)CC2)c1.Cc1ccc(C)c(OC2CCC(O)CC2)c1.[Ar].[Ar]. The summed E-state index contributed by atoms with van der Waals surface area (Å²) in [6, 6.07) is 50.3. The van der Waals surface area contributed by atoms with E-state index in [1.54, 1.807) is 6.07 Å². The molecule has 8 aromatic rings. The van der Waals surface area contributed by atoms with Gasteiger partial charge in [-0.15, -0.1) is 0 Å². The van der Waals surface area contributed by atoms with Gasteiger partial charge in [-0.3, -0.25) is 0 Å². The second-order valence-corrected chi connectivity index (χ2v) is 48.3. The summed E-state index contributed by atoms with van der Waals surface area (Å²) in [5, 5.41) is 47.0. The molecule has 5 heterocycles. The Morgan fingerprint density at radius 1 is 0.273 bits per heavy atom. The molecule has 10 aliphatic rings. The molecule has 0 unspecified atom stereocenters. The van der Waals surface area contributed by atoms with Crippen molar-refractivity contribution >= 4 is 67.4 Å². The van der Waals surface area contributed by atoms with Crippen LogP contribution in [0.3, 0.4) is 0 Å². The molecule has 18 rings (SSSR count). The van der Waals surface area contributed by atoms with Crippen molar-refractivity contribution < 1.29 is 143 Å². The fourth-order valence-electron chi connectivity index (χ4n) is 21.9. The number of benzene rings is 8. The minimum atomic E-state index is -1.47. The van der Waals surface area contributed by atoms with E-state index >= 15 is 0 Å². The molecule has 0 radical (unpaired) electrons. The van der Waals surface area contributed by atoms with E-state index in [2.05, 4.69) is 303 Å². The summed E-state index contributed by atoms with van der Waals surface area (Å²) in [6.45, 7) is 65.1. The van der Waals surface area contributed by atoms with Crippen LogP contribution < -0.4 is 60.2 Å². The van der Waals surface area contributed by atoms with Gasteiger partial charge in [-0.05, 0) is 462 Å². The quantitative estimate of drug-likeness (QED) is 0.0452. The molecule has 150 heavy (non-hydrogen) atoms. The summed E-state index contributed by atoms with van der Waals surface area (Å²) >= 11 is 0. The Morgan fingerprint density at radius 2 is 0.507 bits per heavy atom. The fraction of sp³-hybridized carbons (Fsp3) is 0.622. The molecule has 0 spiro atoms. The zero-order valence-corrected chi connectivity index (χ0v) is 98.8. The Balaban J connectivity index is 0.000000191. The molecule has 5 aliphatic heterocycles. The van der Waals surface area contributed by atoms with Gasteiger partial charge in [0.25, 0.3) is 0 Å². The van der Waals surface area contributed by atoms with Crippen molar-refractivity contribution in [1.29, 1.82) is 0 Å². The number of rotatable bonds is 20. The maximum atomic E-state index is 9.45. The third-order valence-electron chi connectivity index (χ3n) is 34.2. The summed E-state index contributed by atoms with van der Waals surface area (Å²) < 4.78 is 55.7. The number of aryl methyl sites for hydroxylation is 12. The molecule has 17 nitrogen and oxygen atoms in total. The van der Waals surface area contributed by atoms with Gasteiger partial charge in [0.2, 0.25) is 0 Å². The number of nitrogens with zero attached hydrogens (tertiary/aromatic N) is 3. The zero-order valence-electron chi connectivity index (χ0n) is 97.4. The molecule has 5 aliphatic carbocycles. The number of aliphatic hydroxyl groups excluding tert-OH is 1. The van der Waals surface area contributed by atoms with Gasteiger partial charge in [0.15, 0.2) is 0 Å². The van der Waals surface area contributed by atoms with Crippen LogP contribution in [0.1, 0.15) is 357 Å². The summed E-state index contributed by atoms with van der Waals surface area (Å²) in [5.74, 6) is 10.8. The average molecular weight is 2110 g/mol. The molecule has 0 atom stereocenters. The molecular formula is C127H193Ar2B4N3O14. The number of hydrogen-bond acceptors (Lipinski definition) is 17. The molecule has 5 saturated carbocycles. The van der Waals surface area contributed by atoms with Crippen molar-refractivity contribution in [3.05, 3.63) is 212 Å². The Hall–Kier alpha value is -5.42. The van der Waals surface area contributed by atoms with Crippen molar-refractivity contribution in [2.24, 2.45) is 41.4 Å². The predicted octanol–water partition coefficient (Wildman–Crippen LogP) is 26.5. The van der Waals surface area contributed by atoms with Gasteiger partial charge in [-0.25, -0.2) is 0 Å². The minimum Gasteiger partial charge on any atom is -0.491 e. The maximum Gasteiger partial charge on any atom is 0.498 e. The molecule has 0 amide bonds. The molecule has 828 valence electrons. The van der Waals surface area contributed by atoms with Gasteiger partial charge < -0.3 is 82.2 Å². The number of ether oxygens (including phenoxy) is 5. The van der Waals surface area contributed by atoms with Crippen LogP contribution in [0.2, 0.25) is 0 Å². The predicted molar refractivity (Wildman–Crippen MR) is 622 cm³/mol.